The highest BCUT2D eigenvalue weighted by atomic mass is 32.2. The highest BCUT2D eigenvalue weighted by molar-refractivity contribution is 8.00. The third-order valence-corrected chi connectivity index (χ3v) is 5.24. The average molecular weight is 287 g/mol. The van der Waals surface area contributed by atoms with Gasteiger partial charge in [-0.15, -0.1) is 0 Å². The number of thioether (sulfide) groups is 1. The second-order valence-corrected chi connectivity index (χ2v) is 6.81. The van der Waals surface area contributed by atoms with E-state index in [2.05, 4.69) is 53.4 Å². The molecule has 1 aromatic heterocycles. The summed E-state index contributed by atoms with van der Waals surface area (Å²) < 4.78 is 1.97. The predicted octanol–water partition coefficient (Wildman–Crippen LogP) is 3.63. The number of nitrogens with one attached hydrogen (secondary N) is 1. The van der Waals surface area contributed by atoms with E-state index in [1.54, 1.807) is 0 Å². The van der Waals surface area contributed by atoms with Crippen LogP contribution in [-0.2, 0) is 6.54 Å². The predicted molar refractivity (Wildman–Crippen MR) is 86.3 cm³/mol. The van der Waals surface area contributed by atoms with Crippen LogP contribution in [0.1, 0.15) is 25.3 Å². The van der Waals surface area contributed by atoms with Crippen LogP contribution in [0.3, 0.4) is 0 Å². The number of anilines is 1. The van der Waals surface area contributed by atoms with Gasteiger partial charge in [-0.2, -0.15) is 16.9 Å². The first-order valence-corrected chi connectivity index (χ1v) is 8.31. The van der Waals surface area contributed by atoms with Gasteiger partial charge in [0.1, 0.15) is 0 Å². The van der Waals surface area contributed by atoms with E-state index >= 15 is 0 Å². The zero-order valence-corrected chi connectivity index (χ0v) is 12.6. The summed E-state index contributed by atoms with van der Waals surface area (Å²) in [4.78, 5) is 0. The molecule has 1 aliphatic heterocycles. The quantitative estimate of drug-likeness (QED) is 0.931. The standard InChI is InChI=1S/C16H21N3S/c1-13-15(8-4-11-20-13)18-16-7-3-2-6-14(16)12-19-10-5-9-17-19/h2-3,5-7,9-10,13,15,18H,4,8,11-12H2,1H3. The van der Waals surface area contributed by atoms with Crippen LogP contribution < -0.4 is 5.32 Å². The van der Waals surface area contributed by atoms with Crippen molar-refractivity contribution in [2.45, 2.75) is 37.6 Å². The normalized spacial score (nSPS) is 22.6. The van der Waals surface area contributed by atoms with Gasteiger partial charge in [-0.25, -0.2) is 0 Å². The summed E-state index contributed by atoms with van der Waals surface area (Å²) in [5, 5.41) is 8.73. The van der Waals surface area contributed by atoms with Crippen molar-refractivity contribution in [1.29, 1.82) is 0 Å². The Morgan fingerprint density at radius 3 is 3.05 bits per heavy atom. The number of benzene rings is 1. The largest absolute Gasteiger partial charge is 0.381 e. The van der Waals surface area contributed by atoms with E-state index in [4.69, 9.17) is 0 Å². The van der Waals surface area contributed by atoms with Crippen LogP contribution in [0.15, 0.2) is 42.7 Å². The highest BCUT2D eigenvalue weighted by Crippen LogP contribution is 2.28. The molecule has 1 fully saturated rings. The van der Waals surface area contributed by atoms with E-state index in [-0.39, 0.29) is 0 Å². The van der Waals surface area contributed by atoms with Crippen molar-refractivity contribution < 1.29 is 0 Å². The molecule has 2 unspecified atom stereocenters. The lowest BCUT2D eigenvalue weighted by Gasteiger charge is -2.30. The van der Waals surface area contributed by atoms with E-state index in [1.807, 2.05) is 23.1 Å². The Labute approximate surface area is 124 Å². The van der Waals surface area contributed by atoms with Gasteiger partial charge in [0.2, 0.25) is 0 Å². The average Bonchev–Trinajstić information content (AvgIpc) is 2.96. The van der Waals surface area contributed by atoms with Crippen molar-refractivity contribution >= 4 is 17.4 Å². The molecule has 2 atom stereocenters. The SMILES string of the molecule is CC1SCCCC1Nc1ccccc1Cn1cccn1. The number of hydrogen-bond donors (Lipinski definition) is 1. The van der Waals surface area contributed by atoms with Gasteiger partial charge in [-0.1, -0.05) is 25.1 Å². The molecule has 0 saturated carbocycles. The number of aromatic nitrogens is 2. The first-order chi connectivity index (χ1) is 9.83. The number of para-hydroxylation sites is 1. The Balaban J connectivity index is 1.75. The van der Waals surface area contributed by atoms with Crippen molar-refractivity contribution in [3.05, 3.63) is 48.3 Å². The second-order valence-electron chi connectivity index (χ2n) is 5.33. The molecule has 1 N–H and O–H groups in total. The molecule has 20 heavy (non-hydrogen) atoms. The lowest BCUT2D eigenvalue weighted by Crippen LogP contribution is -2.33. The number of rotatable bonds is 4. The molecule has 1 saturated heterocycles. The number of hydrogen-bond acceptors (Lipinski definition) is 3. The van der Waals surface area contributed by atoms with E-state index in [1.165, 1.54) is 29.8 Å². The first kappa shape index (κ1) is 13.6. The number of nitrogens with zero attached hydrogens (tertiary/aromatic N) is 2. The van der Waals surface area contributed by atoms with Crippen LogP contribution in [0.25, 0.3) is 0 Å². The summed E-state index contributed by atoms with van der Waals surface area (Å²) in [6, 6.07) is 11.1. The van der Waals surface area contributed by atoms with E-state index in [0.717, 1.165) is 6.54 Å². The van der Waals surface area contributed by atoms with Crippen LogP contribution in [0, 0.1) is 0 Å². The Kier molecular flexibility index (Phi) is 4.31. The molecule has 1 aliphatic rings. The van der Waals surface area contributed by atoms with Gasteiger partial charge in [0.25, 0.3) is 0 Å². The molecule has 1 aromatic carbocycles. The molecule has 2 heterocycles. The summed E-state index contributed by atoms with van der Waals surface area (Å²) in [5.41, 5.74) is 2.56. The van der Waals surface area contributed by atoms with Crippen molar-refractivity contribution in [2.24, 2.45) is 0 Å². The van der Waals surface area contributed by atoms with Crippen LogP contribution in [0.2, 0.25) is 0 Å². The maximum Gasteiger partial charge on any atom is 0.0679 e. The Bertz CT molecular complexity index is 538. The Morgan fingerprint density at radius 2 is 2.25 bits per heavy atom. The summed E-state index contributed by atoms with van der Waals surface area (Å²) in [6.45, 7) is 3.15. The van der Waals surface area contributed by atoms with Crippen molar-refractivity contribution in [1.82, 2.24) is 9.78 Å². The van der Waals surface area contributed by atoms with Gasteiger partial charge in [0, 0.05) is 29.4 Å². The van der Waals surface area contributed by atoms with Crippen molar-refractivity contribution in [3.8, 4) is 0 Å². The lowest BCUT2D eigenvalue weighted by molar-refractivity contribution is 0.615. The third-order valence-electron chi connectivity index (χ3n) is 3.86. The maximum absolute atomic E-state index is 4.30. The third kappa shape index (κ3) is 3.18. The highest BCUT2D eigenvalue weighted by Gasteiger charge is 2.22. The van der Waals surface area contributed by atoms with Gasteiger partial charge < -0.3 is 5.32 Å². The summed E-state index contributed by atoms with van der Waals surface area (Å²) in [6.07, 6.45) is 6.42. The molecule has 0 bridgehead atoms. The molecule has 106 valence electrons. The molecule has 4 heteroatoms. The van der Waals surface area contributed by atoms with Crippen LogP contribution in [0.4, 0.5) is 5.69 Å². The van der Waals surface area contributed by atoms with Crippen LogP contribution in [0.5, 0.6) is 0 Å². The first-order valence-electron chi connectivity index (χ1n) is 7.26. The molecule has 0 radical (unpaired) electrons. The Morgan fingerprint density at radius 1 is 1.35 bits per heavy atom. The molecule has 0 aliphatic carbocycles. The molecular weight excluding hydrogens is 266 g/mol. The fraction of sp³-hybridized carbons (Fsp3) is 0.438. The smallest absolute Gasteiger partial charge is 0.0679 e. The summed E-state index contributed by atoms with van der Waals surface area (Å²) in [5.74, 6) is 1.30. The topological polar surface area (TPSA) is 29.9 Å². The Hall–Kier alpha value is -1.42. The molecule has 2 aromatic rings. The fourth-order valence-electron chi connectivity index (χ4n) is 2.68. The van der Waals surface area contributed by atoms with Crippen LogP contribution in [-0.4, -0.2) is 26.8 Å². The van der Waals surface area contributed by atoms with E-state index < -0.39 is 0 Å². The summed E-state index contributed by atoms with van der Waals surface area (Å²) >= 11 is 2.08. The lowest BCUT2D eigenvalue weighted by atomic mass is 10.1. The zero-order chi connectivity index (χ0) is 13.8. The van der Waals surface area contributed by atoms with Gasteiger partial charge in [-0.05, 0) is 36.3 Å². The van der Waals surface area contributed by atoms with Gasteiger partial charge in [-0.3, -0.25) is 4.68 Å². The minimum Gasteiger partial charge on any atom is -0.381 e. The van der Waals surface area contributed by atoms with Crippen molar-refractivity contribution in [2.75, 3.05) is 11.1 Å². The van der Waals surface area contributed by atoms with E-state index in [9.17, 15) is 0 Å². The molecule has 3 nitrogen and oxygen atoms in total. The second kappa shape index (κ2) is 6.35. The molecule has 0 amide bonds. The van der Waals surface area contributed by atoms with Gasteiger partial charge >= 0.3 is 0 Å². The maximum atomic E-state index is 4.30. The zero-order valence-electron chi connectivity index (χ0n) is 11.8. The minimum atomic E-state index is 0.576. The summed E-state index contributed by atoms with van der Waals surface area (Å²) in [7, 11) is 0. The van der Waals surface area contributed by atoms with Gasteiger partial charge in [0.15, 0.2) is 0 Å². The molecular formula is C16H21N3S. The van der Waals surface area contributed by atoms with Gasteiger partial charge in [0.05, 0.1) is 6.54 Å². The van der Waals surface area contributed by atoms with Crippen LogP contribution >= 0.6 is 11.8 Å². The molecule has 3 rings (SSSR count). The minimum absolute atomic E-state index is 0.576. The fourth-order valence-corrected chi connectivity index (χ4v) is 3.82. The van der Waals surface area contributed by atoms with E-state index in [0.29, 0.717) is 11.3 Å². The van der Waals surface area contributed by atoms with Crippen molar-refractivity contribution in [3.63, 3.8) is 0 Å². The monoisotopic (exact) mass is 287 g/mol. The molecule has 0 spiro atoms.